The Balaban J connectivity index is 1.32. The molecule has 0 saturated heterocycles. The van der Waals surface area contributed by atoms with Crippen LogP contribution in [-0.2, 0) is 11.2 Å². The van der Waals surface area contributed by atoms with E-state index in [0.29, 0.717) is 10.6 Å². The summed E-state index contributed by atoms with van der Waals surface area (Å²) in [7, 11) is 0. The smallest absolute Gasteiger partial charge is 0.353 e. The molecule has 4 aromatic rings. The van der Waals surface area contributed by atoms with Gasteiger partial charge in [-0.2, -0.15) is 5.10 Å². The lowest BCUT2D eigenvalue weighted by Crippen LogP contribution is -2.19. The van der Waals surface area contributed by atoms with Crippen molar-refractivity contribution in [1.82, 2.24) is 5.43 Å². The molecule has 0 aliphatic carbocycles. The maximum Gasteiger partial charge on any atom is 0.353 e. The number of hydrogen-bond donors (Lipinski definition) is 1. The number of ether oxygens (including phenoxy) is 1. The van der Waals surface area contributed by atoms with Crippen molar-refractivity contribution in [2.75, 3.05) is 0 Å². The van der Waals surface area contributed by atoms with Crippen molar-refractivity contribution in [2.24, 2.45) is 5.10 Å². The van der Waals surface area contributed by atoms with Gasteiger partial charge in [0.15, 0.2) is 0 Å². The summed E-state index contributed by atoms with van der Waals surface area (Å²) in [5, 5.41) is 8.01. The third-order valence-electron chi connectivity index (χ3n) is 4.45. The van der Waals surface area contributed by atoms with Gasteiger partial charge in [-0.25, -0.2) is 10.2 Å². The largest absolute Gasteiger partial charge is 0.422 e. The summed E-state index contributed by atoms with van der Waals surface area (Å²) in [4.78, 5) is 24.8. The number of amides is 1. The summed E-state index contributed by atoms with van der Waals surface area (Å²) in [5.74, 6) is -0.123. The standard InChI is InChI=1S/C24H18N2O3S/c27-23(15-19-7-3-6-18-5-1-2-8-21(18)19)26-25-16-17-10-12-20(13-11-17)29-24(28)22-9-4-14-30-22/h1-14,16H,15H2,(H,26,27)/b25-16+. The Bertz CT molecular complexity index is 1190. The number of esters is 1. The van der Waals surface area contributed by atoms with E-state index < -0.39 is 0 Å². The third-order valence-corrected chi connectivity index (χ3v) is 5.30. The topological polar surface area (TPSA) is 67.8 Å². The van der Waals surface area contributed by atoms with Crippen LogP contribution in [0.2, 0.25) is 0 Å². The lowest BCUT2D eigenvalue weighted by atomic mass is 10.0. The SMILES string of the molecule is O=C(Cc1cccc2ccccc12)N/N=C/c1ccc(OC(=O)c2cccs2)cc1. The first-order valence-electron chi connectivity index (χ1n) is 9.33. The van der Waals surface area contributed by atoms with E-state index in [-0.39, 0.29) is 18.3 Å². The second-order valence-corrected chi connectivity index (χ2v) is 7.49. The average molecular weight is 414 g/mol. The molecular formula is C24H18N2O3S. The van der Waals surface area contributed by atoms with Gasteiger partial charge in [-0.15, -0.1) is 11.3 Å². The highest BCUT2D eigenvalue weighted by atomic mass is 32.1. The fourth-order valence-corrected chi connectivity index (χ4v) is 3.61. The molecule has 30 heavy (non-hydrogen) atoms. The summed E-state index contributed by atoms with van der Waals surface area (Å²) in [6.45, 7) is 0. The molecule has 3 aromatic carbocycles. The predicted molar refractivity (Wildman–Crippen MR) is 119 cm³/mol. The van der Waals surface area contributed by atoms with Gasteiger partial charge in [0.2, 0.25) is 5.91 Å². The molecule has 0 unspecified atom stereocenters. The highest BCUT2D eigenvalue weighted by molar-refractivity contribution is 7.12. The number of rotatable bonds is 6. The first-order chi connectivity index (χ1) is 14.7. The Morgan fingerprint density at radius 2 is 1.73 bits per heavy atom. The van der Waals surface area contributed by atoms with Gasteiger partial charge in [0.1, 0.15) is 10.6 Å². The summed E-state index contributed by atoms with van der Waals surface area (Å²) >= 11 is 1.33. The lowest BCUT2D eigenvalue weighted by Gasteiger charge is -2.05. The minimum absolute atomic E-state index is 0.191. The van der Waals surface area contributed by atoms with Crippen LogP contribution in [-0.4, -0.2) is 18.1 Å². The second kappa shape index (κ2) is 9.15. The fourth-order valence-electron chi connectivity index (χ4n) is 3.01. The van der Waals surface area contributed by atoms with Gasteiger partial charge in [0, 0.05) is 0 Å². The van der Waals surface area contributed by atoms with Crippen molar-refractivity contribution in [1.29, 1.82) is 0 Å². The van der Waals surface area contributed by atoms with Gasteiger partial charge in [-0.05, 0) is 57.6 Å². The number of nitrogens with one attached hydrogen (secondary N) is 1. The van der Waals surface area contributed by atoms with E-state index in [4.69, 9.17) is 4.74 Å². The number of hydrazone groups is 1. The molecule has 1 heterocycles. The molecule has 1 N–H and O–H groups in total. The molecule has 0 radical (unpaired) electrons. The number of benzene rings is 3. The van der Waals surface area contributed by atoms with Crippen LogP contribution >= 0.6 is 11.3 Å². The molecule has 4 rings (SSSR count). The van der Waals surface area contributed by atoms with E-state index >= 15 is 0 Å². The van der Waals surface area contributed by atoms with Crippen LogP contribution in [0.25, 0.3) is 10.8 Å². The molecule has 5 nitrogen and oxygen atoms in total. The van der Waals surface area contributed by atoms with Gasteiger partial charge in [-0.1, -0.05) is 48.5 Å². The molecule has 0 fully saturated rings. The van der Waals surface area contributed by atoms with Crippen molar-refractivity contribution in [3.8, 4) is 5.75 Å². The molecule has 0 saturated carbocycles. The summed E-state index contributed by atoms with van der Waals surface area (Å²) in [6, 6.07) is 24.3. The summed E-state index contributed by atoms with van der Waals surface area (Å²) < 4.78 is 5.32. The number of nitrogens with zero attached hydrogens (tertiary/aromatic N) is 1. The van der Waals surface area contributed by atoms with Gasteiger partial charge < -0.3 is 4.74 Å². The van der Waals surface area contributed by atoms with E-state index in [9.17, 15) is 9.59 Å². The summed E-state index contributed by atoms with van der Waals surface area (Å²) in [5.41, 5.74) is 4.29. The molecule has 0 aliphatic rings. The number of carbonyl (C=O) groups is 2. The number of hydrogen-bond acceptors (Lipinski definition) is 5. The summed E-state index contributed by atoms with van der Waals surface area (Å²) in [6.07, 6.45) is 1.79. The van der Waals surface area contributed by atoms with Crippen LogP contribution in [0.4, 0.5) is 0 Å². The second-order valence-electron chi connectivity index (χ2n) is 6.54. The first-order valence-corrected chi connectivity index (χ1v) is 10.2. The van der Waals surface area contributed by atoms with Crippen molar-refractivity contribution in [2.45, 2.75) is 6.42 Å². The molecule has 0 bridgehead atoms. The zero-order chi connectivity index (χ0) is 20.8. The van der Waals surface area contributed by atoms with Crippen molar-refractivity contribution >= 4 is 40.2 Å². The molecule has 6 heteroatoms. The van der Waals surface area contributed by atoms with Gasteiger partial charge in [0.05, 0.1) is 12.6 Å². The maximum absolute atomic E-state index is 12.3. The van der Waals surface area contributed by atoms with Crippen LogP contribution in [0.5, 0.6) is 5.75 Å². The molecule has 0 atom stereocenters. The lowest BCUT2D eigenvalue weighted by molar-refractivity contribution is -0.120. The van der Waals surface area contributed by atoms with Crippen LogP contribution in [0, 0.1) is 0 Å². The molecule has 0 aliphatic heterocycles. The van der Waals surface area contributed by atoms with Crippen molar-refractivity contribution in [3.63, 3.8) is 0 Å². The van der Waals surface area contributed by atoms with Gasteiger partial charge in [-0.3, -0.25) is 4.79 Å². The highest BCUT2D eigenvalue weighted by Crippen LogP contribution is 2.19. The van der Waals surface area contributed by atoms with E-state index in [1.54, 1.807) is 42.6 Å². The number of carbonyl (C=O) groups excluding carboxylic acids is 2. The Labute approximate surface area is 177 Å². The van der Waals surface area contributed by atoms with E-state index in [1.807, 2.05) is 47.8 Å². The van der Waals surface area contributed by atoms with Gasteiger partial charge in [0.25, 0.3) is 0 Å². The Hall–Kier alpha value is -3.77. The molecule has 1 amide bonds. The Morgan fingerprint density at radius 3 is 2.53 bits per heavy atom. The highest BCUT2D eigenvalue weighted by Gasteiger charge is 2.09. The quantitative estimate of drug-likeness (QED) is 0.213. The Morgan fingerprint density at radius 1 is 0.933 bits per heavy atom. The molecule has 0 spiro atoms. The first kappa shape index (κ1) is 19.5. The number of thiophene rings is 1. The molecule has 1 aromatic heterocycles. The zero-order valence-electron chi connectivity index (χ0n) is 15.9. The van der Waals surface area contributed by atoms with Crippen molar-refractivity contribution < 1.29 is 14.3 Å². The van der Waals surface area contributed by atoms with Crippen molar-refractivity contribution in [3.05, 3.63) is 100 Å². The monoisotopic (exact) mass is 414 g/mol. The van der Waals surface area contributed by atoms with E-state index in [0.717, 1.165) is 21.9 Å². The van der Waals surface area contributed by atoms with Crippen LogP contribution < -0.4 is 10.2 Å². The van der Waals surface area contributed by atoms with Crippen LogP contribution in [0.15, 0.2) is 89.3 Å². The minimum Gasteiger partial charge on any atom is -0.422 e. The van der Waals surface area contributed by atoms with Crippen LogP contribution in [0.1, 0.15) is 20.8 Å². The molecule has 148 valence electrons. The zero-order valence-corrected chi connectivity index (χ0v) is 16.8. The fraction of sp³-hybridized carbons (Fsp3) is 0.0417. The molecular weight excluding hydrogens is 396 g/mol. The maximum atomic E-state index is 12.3. The third kappa shape index (κ3) is 4.79. The predicted octanol–water partition coefficient (Wildman–Crippen LogP) is 4.81. The normalized spacial score (nSPS) is 10.9. The van der Waals surface area contributed by atoms with Crippen LogP contribution in [0.3, 0.4) is 0 Å². The van der Waals surface area contributed by atoms with Gasteiger partial charge >= 0.3 is 5.97 Å². The van der Waals surface area contributed by atoms with E-state index in [2.05, 4.69) is 10.5 Å². The van der Waals surface area contributed by atoms with E-state index in [1.165, 1.54) is 11.3 Å². The Kier molecular flexibility index (Phi) is 5.96. The minimum atomic E-state index is -0.382. The average Bonchev–Trinajstić information content (AvgIpc) is 3.30. The number of fused-ring (bicyclic) bond motifs is 1.